The van der Waals surface area contributed by atoms with E-state index < -0.39 is 0 Å². The molecule has 1 aliphatic carbocycles. The first-order chi connectivity index (χ1) is 9.74. The molecule has 0 bridgehead atoms. The maximum absolute atomic E-state index is 12.3. The van der Waals surface area contributed by atoms with Crippen molar-refractivity contribution >= 4 is 24.2 Å². The van der Waals surface area contributed by atoms with Crippen molar-refractivity contribution < 1.29 is 9.59 Å². The van der Waals surface area contributed by atoms with Crippen molar-refractivity contribution in [3.05, 3.63) is 0 Å². The van der Waals surface area contributed by atoms with E-state index in [2.05, 4.69) is 10.6 Å². The number of rotatable bonds is 3. The van der Waals surface area contributed by atoms with Crippen LogP contribution >= 0.6 is 12.4 Å². The zero-order valence-corrected chi connectivity index (χ0v) is 13.3. The highest BCUT2D eigenvalue weighted by atomic mass is 35.5. The molecule has 3 fully saturated rings. The van der Waals surface area contributed by atoms with E-state index in [9.17, 15) is 9.59 Å². The summed E-state index contributed by atoms with van der Waals surface area (Å²) in [5.41, 5.74) is 0. The summed E-state index contributed by atoms with van der Waals surface area (Å²) in [5.74, 6) is 0.145. The lowest BCUT2D eigenvalue weighted by Crippen LogP contribution is -2.45. The third kappa shape index (κ3) is 3.89. The van der Waals surface area contributed by atoms with Gasteiger partial charge in [-0.1, -0.05) is 12.8 Å². The second-order valence-electron chi connectivity index (χ2n) is 6.42. The Labute approximate surface area is 132 Å². The fourth-order valence-electron chi connectivity index (χ4n) is 3.76. The second kappa shape index (κ2) is 7.45. The van der Waals surface area contributed by atoms with Gasteiger partial charge in [0, 0.05) is 25.0 Å². The SMILES string of the molecule is Cl.O=C(NC1CCNCC1)C1CC(=O)N(C2CCCC2)C1. The first-order valence-electron chi connectivity index (χ1n) is 8.04. The highest BCUT2D eigenvalue weighted by Gasteiger charge is 2.39. The molecule has 1 unspecified atom stereocenters. The van der Waals surface area contributed by atoms with E-state index in [1.165, 1.54) is 12.8 Å². The van der Waals surface area contributed by atoms with Crippen molar-refractivity contribution in [3.63, 3.8) is 0 Å². The Balaban J connectivity index is 0.00000161. The van der Waals surface area contributed by atoms with Gasteiger partial charge in [-0.05, 0) is 38.8 Å². The third-order valence-electron chi connectivity index (χ3n) is 4.98. The Hall–Kier alpha value is -0.810. The Bertz CT molecular complexity index is 379. The molecule has 3 aliphatic rings. The average molecular weight is 316 g/mol. The lowest BCUT2D eigenvalue weighted by Gasteiger charge is -2.26. The molecule has 1 atom stereocenters. The molecule has 0 aromatic carbocycles. The smallest absolute Gasteiger partial charge is 0.225 e. The summed E-state index contributed by atoms with van der Waals surface area (Å²) in [6, 6.07) is 0.693. The fraction of sp³-hybridized carbons (Fsp3) is 0.867. The molecule has 2 saturated heterocycles. The fourth-order valence-corrected chi connectivity index (χ4v) is 3.76. The van der Waals surface area contributed by atoms with Crippen molar-refractivity contribution in [3.8, 4) is 0 Å². The van der Waals surface area contributed by atoms with Crippen LogP contribution in [0.15, 0.2) is 0 Å². The molecule has 0 aromatic heterocycles. The molecule has 5 nitrogen and oxygen atoms in total. The number of nitrogens with one attached hydrogen (secondary N) is 2. The van der Waals surface area contributed by atoms with Gasteiger partial charge in [-0.3, -0.25) is 9.59 Å². The number of carbonyl (C=O) groups excluding carboxylic acids is 2. The number of amides is 2. The van der Waals surface area contributed by atoms with Gasteiger partial charge in [-0.2, -0.15) is 0 Å². The van der Waals surface area contributed by atoms with Gasteiger partial charge < -0.3 is 15.5 Å². The summed E-state index contributed by atoms with van der Waals surface area (Å²) in [7, 11) is 0. The zero-order valence-electron chi connectivity index (χ0n) is 12.5. The molecule has 0 spiro atoms. The summed E-state index contributed by atoms with van der Waals surface area (Å²) >= 11 is 0. The van der Waals surface area contributed by atoms with Crippen molar-refractivity contribution in [1.82, 2.24) is 15.5 Å². The summed E-state index contributed by atoms with van der Waals surface area (Å²) in [5, 5.41) is 6.43. The van der Waals surface area contributed by atoms with Crippen molar-refractivity contribution in [1.29, 1.82) is 0 Å². The van der Waals surface area contributed by atoms with E-state index in [1.807, 2.05) is 4.90 Å². The van der Waals surface area contributed by atoms with Crippen molar-refractivity contribution in [2.45, 2.75) is 57.0 Å². The number of hydrogen-bond acceptors (Lipinski definition) is 3. The van der Waals surface area contributed by atoms with Crippen LogP contribution in [0, 0.1) is 5.92 Å². The molecule has 2 aliphatic heterocycles. The van der Waals surface area contributed by atoms with Gasteiger partial charge >= 0.3 is 0 Å². The minimum Gasteiger partial charge on any atom is -0.353 e. The number of carbonyl (C=O) groups is 2. The minimum absolute atomic E-state index is 0. The molecule has 3 rings (SSSR count). The number of likely N-dealkylation sites (tertiary alicyclic amines) is 1. The second-order valence-corrected chi connectivity index (χ2v) is 6.42. The number of nitrogens with zero attached hydrogens (tertiary/aromatic N) is 1. The van der Waals surface area contributed by atoms with Crippen LogP contribution in [0.25, 0.3) is 0 Å². The van der Waals surface area contributed by atoms with Crippen LogP contribution in [0.5, 0.6) is 0 Å². The molecule has 120 valence electrons. The Morgan fingerprint density at radius 2 is 1.81 bits per heavy atom. The Morgan fingerprint density at radius 3 is 2.48 bits per heavy atom. The van der Waals surface area contributed by atoms with E-state index in [0.29, 0.717) is 25.0 Å². The van der Waals surface area contributed by atoms with Gasteiger partial charge in [0.2, 0.25) is 11.8 Å². The summed E-state index contributed by atoms with van der Waals surface area (Å²) in [6.07, 6.45) is 7.09. The van der Waals surface area contributed by atoms with Crippen LogP contribution in [0.2, 0.25) is 0 Å². The van der Waals surface area contributed by atoms with E-state index in [4.69, 9.17) is 0 Å². The van der Waals surface area contributed by atoms with Crippen LogP contribution in [-0.2, 0) is 9.59 Å². The predicted molar refractivity (Wildman–Crippen MR) is 83.4 cm³/mol. The van der Waals surface area contributed by atoms with Crippen LogP contribution in [0.1, 0.15) is 44.9 Å². The predicted octanol–water partition coefficient (Wildman–Crippen LogP) is 1.07. The van der Waals surface area contributed by atoms with Crippen LogP contribution in [0.3, 0.4) is 0 Å². The van der Waals surface area contributed by atoms with E-state index in [0.717, 1.165) is 38.8 Å². The van der Waals surface area contributed by atoms with Crippen molar-refractivity contribution in [2.75, 3.05) is 19.6 Å². The average Bonchev–Trinajstić information content (AvgIpc) is 3.08. The molecule has 0 radical (unpaired) electrons. The topological polar surface area (TPSA) is 61.4 Å². The van der Waals surface area contributed by atoms with Gasteiger partial charge in [0.1, 0.15) is 0 Å². The quantitative estimate of drug-likeness (QED) is 0.819. The summed E-state index contributed by atoms with van der Waals surface area (Å²) in [4.78, 5) is 26.4. The van der Waals surface area contributed by atoms with E-state index in [-0.39, 0.29) is 30.1 Å². The third-order valence-corrected chi connectivity index (χ3v) is 4.98. The Morgan fingerprint density at radius 1 is 1.14 bits per heavy atom. The standard InChI is InChI=1S/C15H25N3O2.ClH/c19-14-9-11(10-18(14)13-3-1-2-4-13)15(20)17-12-5-7-16-8-6-12;/h11-13,16H,1-10H2,(H,17,20);1H. The van der Waals surface area contributed by atoms with Crippen LogP contribution < -0.4 is 10.6 Å². The van der Waals surface area contributed by atoms with E-state index >= 15 is 0 Å². The molecule has 2 amide bonds. The highest BCUT2D eigenvalue weighted by Crippen LogP contribution is 2.29. The maximum Gasteiger partial charge on any atom is 0.225 e. The molecule has 0 aromatic rings. The summed E-state index contributed by atoms with van der Waals surface area (Å²) in [6.45, 7) is 2.59. The van der Waals surface area contributed by atoms with Crippen molar-refractivity contribution in [2.24, 2.45) is 5.92 Å². The lowest BCUT2D eigenvalue weighted by molar-refractivity contribution is -0.130. The molecule has 1 saturated carbocycles. The lowest BCUT2D eigenvalue weighted by atomic mass is 10.0. The molecule has 2 heterocycles. The molecule has 6 heteroatoms. The summed E-state index contributed by atoms with van der Waals surface area (Å²) < 4.78 is 0. The number of piperidine rings is 1. The van der Waals surface area contributed by atoms with Gasteiger partial charge in [-0.15, -0.1) is 12.4 Å². The largest absolute Gasteiger partial charge is 0.353 e. The van der Waals surface area contributed by atoms with Gasteiger partial charge in [0.25, 0.3) is 0 Å². The molecule has 2 N–H and O–H groups in total. The number of hydrogen-bond donors (Lipinski definition) is 2. The van der Waals surface area contributed by atoms with Gasteiger partial charge in [0.05, 0.1) is 5.92 Å². The highest BCUT2D eigenvalue weighted by molar-refractivity contribution is 5.89. The van der Waals surface area contributed by atoms with Crippen LogP contribution in [-0.4, -0.2) is 48.4 Å². The van der Waals surface area contributed by atoms with Gasteiger partial charge in [0.15, 0.2) is 0 Å². The molecular weight excluding hydrogens is 290 g/mol. The monoisotopic (exact) mass is 315 g/mol. The molecular formula is C15H26ClN3O2. The van der Waals surface area contributed by atoms with E-state index in [1.54, 1.807) is 0 Å². The zero-order chi connectivity index (χ0) is 13.9. The number of halogens is 1. The first-order valence-corrected chi connectivity index (χ1v) is 8.04. The van der Waals surface area contributed by atoms with Gasteiger partial charge in [-0.25, -0.2) is 0 Å². The van der Waals surface area contributed by atoms with Crippen LogP contribution in [0.4, 0.5) is 0 Å². The normalized spacial score (nSPS) is 27.7. The minimum atomic E-state index is -0.127. The maximum atomic E-state index is 12.3. The molecule has 21 heavy (non-hydrogen) atoms. The Kier molecular flexibility index (Phi) is 5.88. The first kappa shape index (κ1) is 16.6.